The molecule has 0 saturated carbocycles. The predicted octanol–water partition coefficient (Wildman–Crippen LogP) is -0.574. The van der Waals surface area contributed by atoms with Crippen molar-refractivity contribution in [2.75, 3.05) is 20.2 Å². The zero-order chi connectivity index (χ0) is 12.1. The number of hydrogen-bond donors (Lipinski definition) is 2. The lowest BCUT2D eigenvalue weighted by Gasteiger charge is -2.23. The molecule has 1 fully saturated rings. The summed E-state index contributed by atoms with van der Waals surface area (Å²) in [5.74, 6) is -1.13. The first kappa shape index (κ1) is 12.9. The molecule has 0 aromatic rings. The number of methoxy groups -OCH3 is 1. The number of carboxylic acid groups (broad SMARTS) is 1. The number of ether oxygens (including phenoxy) is 1. The van der Waals surface area contributed by atoms with E-state index in [9.17, 15) is 9.59 Å². The largest absolute Gasteiger partial charge is 0.480 e. The molecule has 1 rings (SSSR count). The molecule has 0 radical (unpaired) electrons. The number of carbonyl (C=O) groups excluding carboxylic acids is 1. The Kier molecular flexibility index (Phi) is 4.70. The average molecular weight is 230 g/mol. The molecule has 2 atom stereocenters. The summed E-state index contributed by atoms with van der Waals surface area (Å²) in [5.41, 5.74) is 5.41. The minimum absolute atomic E-state index is 0.150. The van der Waals surface area contributed by atoms with Gasteiger partial charge in [-0.25, -0.2) is 4.79 Å². The third-order valence-electron chi connectivity index (χ3n) is 2.86. The molecular weight excluding hydrogens is 212 g/mol. The predicted molar refractivity (Wildman–Crippen MR) is 56.8 cm³/mol. The first-order valence-corrected chi connectivity index (χ1v) is 5.35. The second-order valence-corrected chi connectivity index (χ2v) is 3.88. The fourth-order valence-corrected chi connectivity index (χ4v) is 1.90. The van der Waals surface area contributed by atoms with Crippen LogP contribution >= 0.6 is 0 Å². The van der Waals surface area contributed by atoms with Gasteiger partial charge in [-0.1, -0.05) is 0 Å². The van der Waals surface area contributed by atoms with Crippen LogP contribution < -0.4 is 5.73 Å². The van der Waals surface area contributed by atoms with Crippen molar-refractivity contribution in [2.24, 2.45) is 5.73 Å². The second-order valence-electron chi connectivity index (χ2n) is 3.88. The van der Waals surface area contributed by atoms with Crippen LogP contribution in [-0.2, 0) is 14.3 Å². The summed E-state index contributed by atoms with van der Waals surface area (Å²) in [6.07, 6.45) is 1.09. The molecule has 1 unspecified atom stereocenters. The Hall–Kier alpha value is -1.14. The number of likely N-dealkylation sites (tertiary alicyclic amines) is 1. The van der Waals surface area contributed by atoms with Crippen molar-refractivity contribution in [3.8, 4) is 0 Å². The van der Waals surface area contributed by atoms with Gasteiger partial charge in [0.2, 0.25) is 5.91 Å². The molecule has 3 N–H and O–H groups in total. The van der Waals surface area contributed by atoms with E-state index in [2.05, 4.69) is 0 Å². The van der Waals surface area contributed by atoms with E-state index in [0.29, 0.717) is 13.0 Å². The van der Waals surface area contributed by atoms with E-state index in [0.717, 1.165) is 6.42 Å². The summed E-state index contributed by atoms with van der Waals surface area (Å²) in [7, 11) is 1.49. The molecule has 1 amide bonds. The lowest BCUT2D eigenvalue weighted by Crippen LogP contribution is -2.42. The van der Waals surface area contributed by atoms with E-state index < -0.39 is 12.0 Å². The number of carboxylic acids is 1. The van der Waals surface area contributed by atoms with Crippen LogP contribution in [0.25, 0.3) is 0 Å². The van der Waals surface area contributed by atoms with Crippen LogP contribution in [0.3, 0.4) is 0 Å². The summed E-state index contributed by atoms with van der Waals surface area (Å²) in [6, 6.07) is -0.678. The number of nitrogens with zero attached hydrogens (tertiary/aromatic N) is 1. The SMILES string of the molecule is COC(CN)CC(=O)N1CCC[C@H]1C(=O)O. The molecule has 1 heterocycles. The van der Waals surface area contributed by atoms with Crippen LogP contribution in [0.1, 0.15) is 19.3 Å². The molecule has 0 bridgehead atoms. The van der Waals surface area contributed by atoms with Gasteiger partial charge in [0, 0.05) is 20.2 Å². The van der Waals surface area contributed by atoms with Crippen molar-refractivity contribution in [1.82, 2.24) is 4.90 Å². The Balaban J connectivity index is 2.56. The van der Waals surface area contributed by atoms with Crippen molar-refractivity contribution >= 4 is 11.9 Å². The fraction of sp³-hybridized carbons (Fsp3) is 0.800. The number of nitrogens with two attached hydrogens (primary N) is 1. The van der Waals surface area contributed by atoms with Crippen molar-refractivity contribution in [3.63, 3.8) is 0 Å². The quantitative estimate of drug-likeness (QED) is 0.659. The van der Waals surface area contributed by atoms with Crippen LogP contribution in [0.15, 0.2) is 0 Å². The summed E-state index contributed by atoms with van der Waals surface area (Å²) < 4.78 is 5.01. The Morgan fingerprint density at radius 3 is 2.81 bits per heavy atom. The Morgan fingerprint density at radius 2 is 2.31 bits per heavy atom. The maximum atomic E-state index is 11.8. The number of amides is 1. The van der Waals surface area contributed by atoms with Crippen molar-refractivity contribution in [1.29, 1.82) is 0 Å². The van der Waals surface area contributed by atoms with E-state index in [1.165, 1.54) is 12.0 Å². The maximum absolute atomic E-state index is 11.8. The first-order valence-electron chi connectivity index (χ1n) is 5.35. The maximum Gasteiger partial charge on any atom is 0.326 e. The molecule has 6 heteroatoms. The van der Waals surface area contributed by atoms with Gasteiger partial charge in [-0.3, -0.25) is 4.79 Å². The van der Waals surface area contributed by atoms with Gasteiger partial charge in [-0.2, -0.15) is 0 Å². The molecule has 0 aromatic heterocycles. The highest BCUT2D eigenvalue weighted by Crippen LogP contribution is 2.19. The molecule has 0 aromatic carbocycles. The molecule has 1 saturated heterocycles. The summed E-state index contributed by atoms with van der Waals surface area (Å²) >= 11 is 0. The van der Waals surface area contributed by atoms with Crippen LogP contribution in [-0.4, -0.2) is 54.2 Å². The lowest BCUT2D eigenvalue weighted by molar-refractivity contribution is -0.149. The van der Waals surface area contributed by atoms with E-state index >= 15 is 0 Å². The van der Waals surface area contributed by atoms with E-state index in [1.807, 2.05) is 0 Å². The molecule has 1 aliphatic rings. The van der Waals surface area contributed by atoms with Gasteiger partial charge in [-0.15, -0.1) is 0 Å². The van der Waals surface area contributed by atoms with E-state index in [4.69, 9.17) is 15.6 Å². The zero-order valence-corrected chi connectivity index (χ0v) is 9.39. The summed E-state index contributed by atoms with van der Waals surface area (Å²) in [6.45, 7) is 0.768. The minimum atomic E-state index is -0.937. The number of aliphatic carboxylic acids is 1. The third kappa shape index (κ3) is 2.93. The normalized spacial score (nSPS) is 22.1. The highest BCUT2D eigenvalue weighted by Gasteiger charge is 2.34. The number of rotatable bonds is 5. The smallest absolute Gasteiger partial charge is 0.326 e. The van der Waals surface area contributed by atoms with Gasteiger partial charge in [-0.05, 0) is 12.8 Å². The van der Waals surface area contributed by atoms with E-state index in [1.54, 1.807) is 0 Å². The molecule has 1 aliphatic heterocycles. The fourth-order valence-electron chi connectivity index (χ4n) is 1.90. The van der Waals surface area contributed by atoms with Crippen molar-refractivity contribution in [3.05, 3.63) is 0 Å². The summed E-state index contributed by atoms with van der Waals surface area (Å²) in [5, 5.41) is 8.93. The van der Waals surface area contributed by atoms with Gasteiger partial charge < -0.3 is 20.5 Å². The molecular formula is C10H18N2O4. The Bertz CT molecular complexity index is 266. The average Bonchev–Trinajstić information content (AvgIpc) is 2.74. The topological polar surface area (TPSA) is 92.9 Å². The molecule has 6 nitrogen and oxygen atoms in total. The zero-order valence-electron chi connectivity index (χ0n) is 9.39. The van der Waals surface area contributed by atoms with Gasteiger partial charge in [0.15, 0.2) is 0 Å². The molecule has 16 heavy (non-hydrogen) atoms. The molecule has 92 valence electrons. The second kappa shape index (κ2) is 5.81. The first-order chi connectivity index (χ1) is 7.60. The van der Waals surface area contributed by atoms with Crippen LogP contribution in [0.5, 0.6) is 0 Å². The Labute approximate surface area is 94.3 Å². The third-order valence-corrected chi connectivity index (χ3v) is 2.86. The standard InChI is InChI=1S/C10H18N2O4/c1-16-7(6-11)5-9(13)12-4-2-3-8(12)10(14)15/h7-8H,2-6,11H2,1H3,(H,14,15)/t7?,8-/m0/s1. The summed E-state index contributed by atoms with van der Waals surface area (Å²) in [4.78, 5) is 24.1. The van der Waals surface area contributed by atoms with Crippen molar-refractivity contribution in [2.45, 2.75) is 31.4 Å². The minimum Gasteiger partial charge on any atom is -0.480 e. The highest BCUT2D eigenvalue weighted by atomic mass is 16.5. The van der Waals surface area contributed by atoms with Gasteiger partial charge in [0.1, 0.15) is 6.04 Å². The monoisotopic (exact) mass is 230 g/mol. The molecule has 0 spiro atoms. The van der Waals surface area contributed by atoms with Crippen LogP contribution in [0.4, 0.5) is 0 Å². The van der Waals surface area contributed by atoms with E-state index in [-0.39, 0.29) is 25.0 Å². The number of hydrogen-bond acceptors (Lipinski definition) is 4. The molecule has 0 aliphatic carbocycles. The van der Waals surface area contributed by atoms with Crippen LogP contribution in [0.2, 0.25) is 0 Å². The van der Waals surface area contributed by atoms with Gasteiger partial charge >= 0.3 is 5.97 Å². The van der Waals surface area contributed by atoms with Gasteiger partial charge in [0.05, 0.1) is 12.5 Å². The van der Waals surface area contributed by atoms with Crippen LogP contribution in [0, 0.1) is 0 Å². The van der Waals surface area contributed by atoms with Crippen molar-refractivity contribution < 1.29 is 19.4 Å². The number of carbonyl (C=O) groups is 2. The Morgan fingerprint density at radius 1 is 1.62 bits per heavy atom. The highest BCUT2D eigenvalue weighted by molar-refractivity contribution is 5.84. The van der Waals surface area contributed by atoms with Gasteiger partial charge in [0.25, 0.3) is 0 Å². The lowest BCUT2D eigenvalue weighted by atomic mass is 10.2.